The molecule has 0 fully saturated rings. The van der Waals surface area contributed by atoms with Gasteiger partial charge in [0.25, 0.3) is 5.91 Å². The van der Waals surface area contributed by atoms with Crippen LogP contribution in [0.1, 0.15) is 49.8 Å². The Morgan fingerprint density at radius 2 is 1.48 bits per heavy atom. The van der Waals surface area contributed by atoms with E-state index in [1.165, 1.54) is 6.92 Å². The normalized spacial score (nSPS) is 10.4. The molecule has 0 unspecified atom stereocenters. The summed E-state index contributed by atoms with van der Waals surface area (Å²) in [6.07, 6.45) is 0. The largest absolute Gasteiger partial charge is 0.462 e. The molecule has 166 valence electrons. The molecule has 0 spiro atoms. The second kappa shape index (κ2) is 10.6. The van der Waals surface area contributed by atoms with Crippen LogP contribution in [0.3, 0.4) is 0 Å². The number of amides is 1. The van der Waals surface area contributed by atoms with E-state index in [2.05, 4.69) is 5.32 Å². The molecule has 0 saturated heterocycles. The Labute approximate surface area is 180 Å². The summed E-state index contributed by atoms with van der Waals surface area (Å²) in [5.74, 6) is -5.34. The molecule has 0 aliphatic carbocycles. The van der Waals surface area contributed by atoms with Crippen molar-refractivity contribution in [2.75, 3.05) is 25.1 Å². The monoisotopic (exact) mass is 455 g/mol. The van der Waals surface area contributed by atoms with E-state index in [0.29, 0.717) is 6.07 Å². The average molecular weight is 455 g/mol. The molecule has 1 amide bonds. The van der Waals surface area contributed by atoms with Crippen LogP contribution in [-0.2, 0) is 19.0 Å². The third kappa shape index (κ3) is 6.07. The second-order valence-corrected chi connectivity index (χ2v) is 7.00. The molecule has 0 radical (unpaired) electrons. The standard InChI is InChI=1S/C20H19F2NO7S/c1-4-28-19(26)15-10(3)16(20(27)29-5-2)31-17(15)23-14(24)9-30-18(25)11-6-12(21)8-13(22)7-11/h6-8H,4-5,9H2,1-3H3,(H,23,24). The van der Waals surface area contributed by atoms with Crippen LogP contribution in [0.25, 0.3) is 0 Å². The van der Waals surface area contributed by atoms with Crippen molar-refractivity contribution < 1.29 is 42.2 Å². The number of benzene rings is 1. The van der Waals surface area contributed by atoms with Crippen LogP contribution < -0.4 is 5.32 Å². The number of hydrogen-bond acceptors (Lipinski definition) is 8. The van der Waals surface area contributed by atoms with E-state index in [9.17, 15) is 28.0 Å². The summed E-state index contributed by atoms with van der Waals surface area (Å²) in [7, 11) is 0. The van der Waals surface area contributed by atoms with Gasteiger partial charge in [0.1, 0.15) is 21.5 Å². The van der Waals surface area contributed by atoms with Crippen LogP contribution >= 0.6 is 11.3 Å². The van der Waals surface area contributed by atoms with Gasteiger partial charge in [0.05, 0.1) is 24.3 Å². The van der Waals surface area contributed by atoms with Gasteiger partial charge >= 0.3 is 17.9 Å². The highest BCUT2D eigenvalue weighted by atomic mass is 32.1. The van der Waals surface area contributed by atoms with Gasteiger partial charge in [0.15, 0.2) is 6.61 Å². The number of halogens is 2. The SMILES string of the molecule is CCOC(=O)c1sc(NC(=O)COC(=O)c2cc(F)cc(F)c2)c(C(=O)OCC)c1C. The van der Waals surface area contributed by atoms with Crippen LogP contribution in [0.2, 0.25) is 0 Å². The molecule has 2 aromatic rings. The highest BCUT2D eigenvalue weighted by molar-refractivity contribution is 7.18. The van der Waals surface area contributed by atoms with Crippen molar-refractivity contribution in [3.8, 4) is 0 Å². The van der Waals surface area contributed by atoms with Gasteiger partial charge in [0.2, 0.25) is 0 Å². The first kappa shape index (κ1) is 23.9. The molecule has 0 aliphatic heterocycles. The number of nitrogens with one attached hydrogen (secondary N) is 1. The fourth-order valence-electron chi connectivity index (χ4n) is 2.49. The summed E-state index contributed by atoms with van der Waals surface area (Å²) in [6.45, 7) is 4.10. The first-order chi connectivity index (χ1) is 14.7. The van der Waals surface area contributed by atoms with Gasteiger partial charge in [0, 0.05) is 6.07 Å². The van der Waals surface area contributed by atoms with Crippen molar-refractivity contribution in [2.24, 2.45) is 0 Å². The molecule has 1 aromatic carbocycles. The maximum Gasteiger partial charge on any atom is 0.348 e. The van der Waals surface area contributed by atoms with Gasteiger partial charge in [-0.2, -0.15) is 0 Å². The maximum atomic E-state index is 13.2. The molecule has 0 saturated carbocycles. The lowest BCUT2D eigenvalue weighted by atomic mass is 10.1. The summed E-state index contributed by atoms with van der Waals surface area (Å²) in [4.78, 5) is 48.7. The Morgan fingerprint density at radius 1 is 0.903 bits per heavy atom. The zero-order valence-corrected chi connectivity index (χ0v) is 17.7. The lowest BCUT2D eigenvalue weighted by Gasteiger charge is -2.08. The fourth-order valence-corrected chi connectivity index (χ4v) is 3.60. The zero-order chi connectivity index (χ0) is 23.1. The molecular weight excluding hydrogens is 436 g/mol. The molecule has 2 rings (SSSR count). The molecule has 0 aliphatic rings. The number of thiophene rings is 1. The summed E-state index contributed by atoms with van der Waals surface area (Å²) in [5.41, 5.74) is -0.166. The quantitative estimate of drug-likeness (QED) is 0.480. The van der Waals surface area contributed by atoms with E-state index in [-0.39, 0.29) is 34.2 Å². The van der Waals surface area contributed by atoms with Gasteiger partial charge in [-0.3, -0.25) is 4.79 Å². The number of carbonyl (C=O) groups is 4. The van der Waals surface area contributed by atoms with Gasteiger partial charge < -0.3 is 19.5 Å². The predicted octanol–water partition coefficient (Wildman–Crippen LogP) is 3.48. The first-order valence-electron chi connectivity index (χ1n) is 9.08. The van der Waals surface area contributed by atoms with Gasteiger partial charge in [-0.15, -0.1) is 11.3 Å². The summed E-state index contributed by atoms with van der Waals surface area (Å²) in [5, 5.41) is 2.39. The minimum Gasteiger partial charge on any atom is -0.462 e. The van der Waals surface area contributed by atoms with E-state index in [1.807, 2.05) is 0 Å². The molecule has 31 heavy (non-hydrogen) atoms. The average Bonchev–Trinajstić information content (AvgIpc) is 3.01. The van der Waals surface area contributed by atoms with Crippen molar-refractivity contribution in [3.05, 3.63) is 51.4 Å². The summed E-state index contributed by atoms with van der Waals surface area (Å²) in [6, 6.07) is 2.10. The predicted molar refractivity (Wildman–Crippen MR) is 106 cm³/mol. The van der Waals surface area contributed by atoms with Crippen LogP contribution in [0.15, 0.2) is 18.2 Å². The Morgan fingerprint density at radius 3 is 2.06 bits per heavy atom. The third-order valence-electron chi connectivity index (χ3n) is 3.77. The number of ether oxygens (including phenoxy) is 3. The maximum absolute atomic E-state index is 13.2. The van der Waals surface area contributed by atoms with Crippen LogP contribution in [-0.4, -0.2) is 43.6 Å². The van der Waals surface area contributed by atoms with Crippen molar-refractivity contribution in [1.29, 1.82) is 0 Å². The number of hydrogen-bond donors (Lipinski definition) is 1. The van der Waals surface area contributed by atoms with E-state index < -0.39 is 47.6 Å². The third-order valence-corrected chi connectivity index (χ3v) is 4.96. The number of anilines is 1. The Bertz CT molecular complexity index is 999. The van der Waals surface area contributed by atoms with Crippen molar-refractivity contribution in [3.63, 3.8) is 0 Å². The molecule has 11 heteroatoms. The van der Waals surface area contributed by atoms with Crippen molar-refractivity contribution in [2.45, 2.75) is 20.8 Å². The summed E-state index contributed by atoms with van der Waals surface area (Å²) < 4.78 is 41.1. The minimum atomic E-state index is -1.12. The number of rotatable bonds is 8. The molecule has 1 N–H and O–H groups in total. The van der Waals surface area contributed by atoms with Gasteiger partial charge in [-0.25, -0.2) is 23.2 Å². The molecule has 0 atom stereocenters. The Balaban J connectivity index is 2.17. The second-order valence-electron chi connectivity index (χ2n) is 5.98. The van der Waals surface area contributed by atoms with E-state index in [1.54, 1.807) is 13.8 Å². The van der Waals surface area contributed by atoms with Crippen LogP contribution in [0.5, 0.6) is 0 Å². The van der Waals surface area contributed by atoms with E-state index in [4.69, 9.17) is 14.2 Å². The fraction of sp³-hybridized carbons (Fsp3) is 0.300. The highest BCUT2D eigenvalue weighted by Gasteiger charge is 2.27. The van der Waals surface area contributed by atoms with Crippen molar-refractivity contribution >= 4 is 40.2 Å². The van der Waals surface area contributed by atoms with E-state index >= 15 is 0 Å². The van der Waals surface area contributed by atoms with Crippen LogP contribution in [0, 0.1) is 18.6 Å². The highest BCUT2D eigenvalue weighted by Crippen LogP contribution is 2.34. The smallest absolute Gasteiger partial charge is 0.348 e. The number of esters is 3. The Hall–Kier alpha value is -3.34. The lowest BCUT2D eigenvalue weighted by molar-refractivity contribution is -0.119. The summed E-state index contributed by atoms with van der Waals surface area (Å²) >= 11 is 0.804. The molecule has 1 aromatic heterocycles. The van der Waals surface area contributed by atoms with E-state index in [0.717, 1.165) is 23.5 Å². The van der Waals surface area contributed by atoms with Crippen molar-refractivity contribution in [1.82, 2.24) is 0 Å². The Kier molecular flexibility index (Phi) is 8.20. The van der Waals surface area contributed by atoms with Crippen LogP contribution in [0.4, 0.5) is 13.8 Å². The number of carbonyl (C=O) groups excluding carboxylic acids is 4. The molecule has 8 nitrogen and oxygen atoms in total. The molecule has 1 heterocycles. The van der Waals surface area contributed by atoms with Gasteiger partial charge in [-0.05, 0) is 38.5 Å². The lowest BCUT2D eigenvalue weighted by Crippen LogP contribution is -2.22. The molecular formula is C20H19F2NO7S. The molecule has 0 bridgehead atoms. The zero-order valence-electron chi connectivity index (χ0n) is 16.9. The minimum absolute atomic E-state index is 0.0110. The first-order valence-corrected chi connectivity index (χ1v) is 9.90. The van der Waals surface area contributed by atoms with Gasteiger partial charge in [-0.1, -0.05) is 0 Å². The topological polar surface area (TPSA) is 108 Å².